The number of carbonyl (C=O) groups excluding carboxylic acids is 3. The van der Waals surface area contributed by atoms with Gasteiger partial charge in [0.15, 0.2) is 0 Å². The third-order valence-electron chi connectivity index (χ3n) is 4.12. The van der Waals surface area contributed by atoms with Crippen LogP contribution < -0.4 is 15.3 Å². The molecule has 0 saturated carbocycles. The second kappa shape index (κ2) is 17.5. The minimum absolute atomic E-state index is 0.0312. The molecule has 0 atom stereocenters. The van der Waals surface area contributed by atoms with Crippen molar-refractivity contribution in [3.63, 3.8) is 0 Å². The van der Waals surface area contributed by atoms with Crippen molar-refractivity contribution in [2.75, 3.05) is 0 Å². The van der Waals surface area contributed by atoms with Gasteiger partial charge in [0.05, 0.1) is 17.9 Å². The summed E-state index contributed by atoms with van der Waals surface area (Å²) in [5, 5.41) is 27.4. The molecule has 0 aromatic heterocycles. The number of hydrogen-bond donors (Lipinski definition) is 0. The standard InChI is InChI=1S/C19H15.3C3H4O2.Sn/c1-4-10-16(11-5-1)19(17-12-6-2-7-13-17)18-14-8-3-9-15-18;3*1-2-3(4)5;/h1-15H;3*2H,1H2,(H,4,5);/q;;;;+3/p-3. The summed E-state index contributed by atoms with van der Waals surface area (Å²) in [5.74, 6) is -3.69. The van der Waals surface area contributed by atoms with Gasteiger partial charge in [0.2, 0.25) is 0 Å². The molecule has 176 valence electrons. The van der Waals surface area contributed by atoms with Crippen LogP contribution in [-0.4, -0.2) is 40.4 Å². The Morgan fingerprint density at radius 2 is 0.714 bits per heavy atom. The first kappa shape index (κ1) is 31.1. The second-order valence-corrected chi connectivity index (χ2v) is 8.56. The molecular weight excluding hydrogens is 551 g/mol. The topological polar surface area (TPSA) is 120 Å². The van der Waals surface area contributed by atoms with E-state index in [1.54, 1.807) is 0 Å². The first-order chi connectivity index (χ1) is 16.6. The normalized spacial score (nSPS) is 9.20. The van der Waals surface area contributed by atoms with E-state index >= 15 is 0 Å². The summed E-state index contributed by atoms with van der Waals surface area (Å²) in [6.07, 6.45) is 2.17. The van der Waals surface area contributed by atoms with Crippen molar-refractivity contribution in [3.05, 3.63) is 146 Å². The van der Waals surface area contributed by atoms with Crippen molar-refractivity contribution in [2.45, 2.75) is 3.43 Å². The van der Waals surface area contributed by atoms with Gasteiger partial charge < -0.3 is 29.7 Å². The molecular formula is C28H24O6Sn. The van der Waals surface area contributed by atoms with Crippen LogP contribution in [0.5, 0.6) is 0 Å². The van der Waals surface area contributed by atoms with Gasteiger partial charge in [-0.15, -0.1) is 0 Å². The summed E-state index contributed by atoms with van der Waals surface area (Å²) >= 11 is 1.48. The average molecular weight is 575 g/mol. The number of aliphatic carboxylic acids is 3. The van der Waals surface area contributed by atoms with E-state index in [1.807, 2.05) is 0 Å². The Morgan fingerprint density at radius 1 is 0.543 bits per heavy atom. The van der Waals surface area contributed by atoms with Crippen LogP contribution in [0.25, 0.3) is 0 Å². The zero-order valence-electron chi connectivity index (χ0n) is 19.0. The third kappa shape index (κ3) is 12.2. The van der Waals surface area contributed by atoms with Crippen molar-refractivity contribution in [3.8, 4) is 0 Å². The molecule has 0 spiro atoms. The van der Waals surface area contributed by atoms with E-state index in [0.29, 0.717) is 0 Å². The summed E-state index contributed by atoms with van der Waals surface area (Å²) < 4.78 is -0.0312. The molecule has 0 heterocycles. The van der Waals surface area contributed by atoms with Crippen molar-refractivity contribution in [1.29, 1.82) is 0 Å². The number of carboxylic acid groups (broad SMARTS) is 3. The summed E-state index contributed by atoms with van der Waals surface area (Å²) in [6, 6.07) is 32.4. The van der Waals surface area contributed by atoms with Gasteiger partial charge in [-0.25, -0.2) is 0 Å². The number of benzene rings is 3. The molecule has 3 aromatic carbocycles. The van der Waals surface area contributed by atoms with Gasteiger partial charge in [-0.1, -0.05) is 19.7 Å². The Morgan fingerprint density at radius 3 is 0.857 bits per heavy atom. The molecule has 0 amide bonds. The maximum absolute atomic E-state index is 9.14. The Balaban J connectivity index is 0.000000635. The molecule has 35 heavy (non-hydrogen) atoms. The first-order valence-electron chi connectivity index (χ1n) is 10.0. The van der Waals surface area contributed by atoms with Crippen molar-refractivity contribution < 1.29 is 29.7 Å². The van der Waals surface area contributed by atoms with Crippen LogP contribution in [0.3, 0.4) is 0 Å². The van der Waals surface area contributed by atoms with Crippen LogP contribution in [0.2, 0.25) is 0 Å². The summed E-state index contributed by atoms with van der Waals surface area (Å²) in [5.41, 5.74) is 4.07. The van der Waals surface area contributed by atoms with E-state index < -0.39 is 17.9 Å². The zero-order chi connectivity index (χ0) is 26.7. The molecule has 6 nitrogen and oxygen atoms in total. The fraction of sp³-hybridized carbons (Fsp3) is 0.0357. The molecule has 0 aliphatic heterocycles. The van der Waals surface area contributed by atoms with Gasteiger partial charge in [-0.05, 0) is 18.2 Å². The summed E-state index contributed by atoms with van der Waals surface area (Å²) in [7, 11) is 0. The van der Waals surface area contributed by atoms with E-state index in [9.17, 15) is 0 Å². The zero-order valence-corrected chi connectivity index (χ0v) is 21.8. The average Bonchev–Trinajstić information content (AvgIpc) is 2.90. The molecule has 0 radical (unpaired) electrons. The number of rotatable bonds is 6. The van der Waals surface area contributed by atoms with Gasteiger partial charge in [0.25, 0.3) is 0 Å². The molecule has 7 heteroatoms. The minimum atomic E-state index is -1.23. The van der Waals surface area contributed by atoms with Crippen LogP contribution in [0.1, 0.15) is 16.7 Å². The predicted molar refractivity (Wildman–Crippen MR) is 131 cm³/mol. The van der Waals surface area contributed by atoms with E-state index in [0.717, 1.165) is 18.2 Å². The maximum atomic E-state index is 9.14. The number of hydrogen-bond acceptors (Lipinski definition) is 6. The molecule has 0 saturated heterocycles. The van der Waals surface area contributed by atoms with E-state index in [4.69, 9.17) is 29.7 Å². The Hall–Kier alpha value is -3.91. The van der Waals surface area contributed by atoms with Gasteiger partial charge in [0.1, 0.15) is 0 Å². The Bertz CT molecular complexity index is 941. The van der Waals surface area contributed by atoms with Crippen molar-refractivity contribution in [2.24, 2.45) is 0 Å². The van der Waals surface area contributed by atoms with Crippen LogP contribution in [0, 0.1) is 0 Å². The molecule has 0 unspecified atom stereocenters. The van der Waals surface area contributed by atoms with Crippen LogP contribution in [0.4, 0.5) is 0 Å². The van der Waals surface area contributed by atoms with Crippen LogP contribution in [0.15, 0.2) is 129 Å². The quantitative estimate of drug-likeness (QED) is 0.245. The van der Waals surface area contributed by atoms with Crippen LogP contribution >= 0.6 is 0 Å². The second-order valence-electron chi connectivity index (χ2n) is 6.42. The molecule has 0 fully saturated rings. The third-order valence-corrected chi connectivity index (χ3v) is 6.59. The van der Waals surface area contributed by atoms with E-state index in [-0.39, 0.29) is 3.43 Å². The van der Waals surface area contributed by atoms with Gasteiger partial charge >= 0.3 is 134 Å². The van der Waals surface area contributed by atoms with Crippen molar-refractivity contribution >= 4 is 40.4 Å². The molecule has 0 aliphatic carbocycles. The van der Waals surface area contributed by atoms with Gasteiger partial charge in [-0.3, -0.25) is 0 Å². The number of carboxylic acids is 3. The SMILES string of the molecule is C=CC(=O)[O-].C=CC(=O)[O-].C=CC(=O)[O-].[Sn+3][C](c1ccccc1)(c1ccccc1)c1ccccc1. The predicted octanol–water partition coefficient (Wildman–Crippen LogP) is 0.914. The van der Waals surface area contributed by atoms with Crippen molar-refractivity contribution in [1.82, 2.24) is 0 Å². The molecule has 0 N–H and O–H groups in total. The van der Waals surface area contributed by atoms with E-state index in [1.165, 1.54) is 39.2 Å². The Kier molecular flexibility index (Phi) is 15.6. The van der Waals surface area contributed by atoms with Gasteiger partial charge in [-0.2, -0.15) is 0 Å². The molecule has 3 rings (SSSR count). The Labute approximate surface area is 218 Å². The van der Waals surface area contributed by atoms with E-state index in [2.05, 4.69) is 111 Å². The number of carbonyl (C=O) groups is 3. The van der Waals surface area contributed by atoms with Crippen LogP contribution in [-0.2, 0) is 17.8 Å². The first-order valence-corrected chi connectivity index (χ1v) is 11.5. The summed E-state index contributed by atoms with van der Waals surface area (Å²) in [4.78, 5) is 27.4. The van der Waals surface area contributed by atoms with Gasteiger partial charge in [0, 0.05) is 0 Å². The monoisotopic (exact) mass is 576 g/mol. The molecule has 3 aromatic rings. The molecule has 0 aliphatic rings. The fourth-order valence-corrected chi connectivity index (χ4v) is 3.99. The fourth-order valence-electron chi connectivity index (χ4n) is 2.56. The molecule has 0 bridgehead atoms. The summed E-state index contributed by atoms with van der Waals surface area (Å²) in [6.45, 7) is 8.69.